The molecule has 1 rings (SSSR count). The molecule has 1 aromatic carbocycles. The van der Waals surface area contributed by atoms with Gasteiger partial charge in [0, 0.05) is 0 Å². The van der Waals surface area contributed by atoms with Crippen LogP contribution in [0.2, 0.25) is 13.1 Å². The lowest BCUT2D eigenvalue weighted by atomic mass is 10.3. The molecule has 0 bridgehead atoms. The average Bonchev–Trinajstić information content (AvgIpc) is 2.05. The third kappa shape index (κ3) is 2.11. The summed E-state index contributed by atoms with van der Waals surface area (Å²) in [7, 11) is 1.33. The molecule has 0 saturated carbocycles. The monoisotopic (exact) mass is 243 g/mol. The Kier molecular flexibility index (Phi) is 3.35. The topological polar surface area (TPSA) is 9.23 Å². The Balaban J connectivity index is 3.05. The van der Waals surface area contributed by atoms with Gasteiger partial charge in [-0.3, -0.25) is 0 Å². The van der Waals surface area contributed by atoms with Gasteiger partial charge < -0.3 is 4.74 Å². The maximum atomic E-state index is 5.21. The number of ether oxygens (including phenoxy) is 1. The third-order valence-corrected chi connectivity index (χ3v) is 3.85. The van der Waals surface area contributed by atoms with E-state index in [0.29, 0.717) is 0 Å². The van der Waals surface area contributed by atoms with E-state index >= 15 is 0 Å². The largest absolute Gasteiger partial charge is 0.496 e. The van der Waals surface area contributed by atoms with E-state index < -0.39 is 0 Å². The lowest BCUT2D eigenvalue weighted by Gasteiger charge is -2.07. The normalized spacial score (nSPS) is 10.4. The van der Waals surface area contributed by atoms with Crippen LogP contribution in [0.25, 0.3) is 0 Å². The molecule has 65 valence electrons. The summed E-state index contributed by atoms with van der Waals surface area (Å²) in [5.41, 5.74) is 0. The van der Waals surface area contributed by atoms with Gasteiger partial charge in [-0.1, -0.05) is 24.3 Å². The van der Waals surface area contributed by atoms with Crippen molar-refractivity contribution in [3.8, 4) is 5.75 Å². The highest BCUT2D eigenvalue weighted by atomic mass is 79.9. The molecule has 0 amide bonds. The van der Waals surface area contributed by atoms with E-state index in [1.54, 1.807) is 7.11 Å². The molecule has 3 heteroatoms. The summed E-state index contributed by atoms with van der Waals surface area (Å²) >= 11 is 3.43. The van der Waals surface area contributed by atoms with Crippen LogP contribution in [-0.4, -0.2) is 15.9 Å². The average molecular weight is 244 g/mol. The molecule has 0 aliphatic carbocycles. The quantitative estimate of drug-likeness (QED) is 0.726. The van der Waals surface area contributed by atoms with E-state index in [9.17, 15) is 0 Å². The predicted molar refractivity (Wildman–Crippen MR) is 57.8 cm³/mol. The van der Waals surface area contributed by atoms with Crippen molar-refractivity contribution < 1.29 is 4.74 Å². The van der Waals surface area contributed by atoms with E-state index in [-0.39, 0.29) is 8.80 Å². The molecule has 12 heavy (non-hydrogen) atoms. The molecule has 0 N–H and O–H groups in total. The molecule has 0 aliphatic heterocycles. The van der Waals surface area contributed by atoms with Crippen molar-refractivity contribution in [2.75, 3.05) is 7.11 Å². The van der Waals surface area contributed by atoms with Crippen LogP contribution in [0.4, 0.5) is 0 Å². The van der Waals surface area contributed by atoms with E-state index in [1.807, 2.05) is 6.07 Å². The highest BCUT2D eigenvalue weighted by Gasteiger charge is 2.04. The summed E-state index contributed by atoms with van der Waals surface area (Å²) < 4.78 is 6.23. The second-order valence-corrected chi connectivity index (χ2v) is 6.28. The van der Waals surface area contributed by atoms with E-state index in [2.05, 4.69) is 41.2 Å². The van der Waals surface area contributed by atoms with Crippen LogP contribution < -0.4 is 9.92 Å². The van der Waals surface area contributed by atoms with Gasteiger partial charge in [-0.15, -0.1) is 0 Å². The Hall–Kier alpha value is -0.283. The maximum Gasteiger partial charge on any atom is 0.132 e. The minimum atomic E-state index is -0.362. The molecule has 0 spiro atoms. The van der Waals surface area contributed by atoms with Crippen LogP contribution >= 0.6 is 15.9 Å². The van der Waals surface area contributed by atoms with Crippen LogP contribution in [0, 0.1) is 0 Å². The summed E-state index contributed by atoms with van der Waals surface area (Å²) in [5, 5.41) is 1.40. The van der Waals surface area contributed by atoms with Gasteiger partial charge in [0.15, 0.2) is 0 Å². The summed E-state index contributed by atoms with van der Waals surface area (Å²) in [6, 6.07) is 6.31. The van der Waals surface area contributed by atoms with Gasteiger partial charge in [0.25, 0.3) is 0 Å². The SMILES string of the molecule is COc1cc([Si](C)C)ccc1Br. The Bertz CT molecular complexity index is 273. The van der Waals surface area contributed by atoms with Crippen molar-refractivity contribution in [1.82, 2.24) is 0 Å². The zero-order chi connectivity index (χ0) is 9.14. The number of methoxy groups -OCH3 is 1. The van der Waals surface area contributed by atoms with Gasteiger partial charge in [-0.2, -0.15) is 0 Å². The Morgan fingerprint density at radius 1 is 1.33 bits per heavy atom. The van der Waals surface area contributed by atoms with Crippen LogP contribution in [0.5, 0.6) is 5.75 Å². The van der Waals surface area contributed by atoms with Crippen molar-refractivity contribution >= 4 is 29.9 Å². The van der Waals surface area contributed by atoms with Crippen molar-refractivity contribution in [1.29, 1.82) is 0 Å². The van der Waals surface area contributed by atoms with Gasteiger partial charge in [0.05, 0.1) is 20.4 Å². The van der Waals surface area contributed by atoms with Gasteiger partial charge in [0.1, 0.15) is 5.75 Å². The van der Waals surface area contributed by atoms with E-state index in [1.165, 1.54) is 5.19 Å². The molecule has 0 unspecified atom stereocenters. The molecule has 0 fully saturated rings. The highest BCUT2D eigenvalue weighted by Crippen LogP contribution is 2.22. The Morgan fingerprint density at radius 3 is 2.50 bits per heavy atom. The molecule has 1 aromatic rings. The lowest BCUT2D eigenvalue weighted by Crippen LogP contribution is -2.22. The maximum absolute atomic E-state index is 5.21. The zero-order valence-corrected chi connectivity index (χ0v) is 10.1. The van der Waals surface area contributed by atoms with Crippen LogP contribution in [-0.2, 0) is 0 Å². The molecular formula is C9H12BrOSi. The molecule has 1 radical (unpaired) electrons. The van der Waals surface area contributed by atoms with E-state index in [4.69, 9.17) is 4.74 Å². The fourth-order valence-electron chi connectivity index (χ4n) is 0.971. The van der Waals surface area contributed by atoms with Crippen LogP contribution in [0.1, 0.15) is 0 Å². The lowest BCUT2D eigenvalue weighted by molar-refractivity contribution is 0.412. The number of rotatable bonds is 2. The first-order valence-corrected chi connectivity index (χ1v) is 7.08. The Labute approximate surface area is 83.5 Å². The second-order valence-electron chi connectivity index (χ2n) is 2.85. The smallest absolute Gasteiger partial charge is 0.132 e. The molecular weight excluding hydrogens is 232 g/mol. The van der Waals surface area contributed by atoms with Gasteiger partial charge in [-0.05, 0) is 28.1 Å². The molecule has 0 atom stereocenters. The summed E-state index contributed by atoms with van der Waals surface area (Å²) in [6.45, 7) is 4.54. The van der Waals surface area contributed by atoms with Gasteiger partial charge in [-0.25, -0.2) is 0 Å². The molecule has 0 heterocycles. The van der Waals surface area contributed by atoms with Crippen molar-refractivity contribution in [3.63, 3.8) is 0 Å². The van der Waals surface area contributed by atoms with Crippen LogP contribution in [0.3, 0.4) is 0 Å². The minimum Gasteiger partial charge on any atom is -0.496 e. The van der Waals surface area contributed by atoms with Crippen molar-refractivity contribution in [3.05, 3.63) is 22.7 Å². The van der Waals surface area contributed by atoms with Crippen molar-refractivity contribution in [2.45, 2.75) is 13.1 Å². The highest BCUT2D eigenvalue weighted by molar-refractivity contribution is 9.10. The molecule has 0 saturated heterocycles. The first kappa shape index (κ1) is 9.80. The number of hydrogen-bond donors (Lipinski definition) is 0. The molecule has 0 aromatic heterocycles. The number of hydrogen-bond acceptors (Lipinski definition) is 1. The molecule has 0 aliphatic rings. The van der Waals surface area contributed by atoms with Crippen molar-refractivity contribution in [2.24, 2.45) is 0 Å². The van der Waals surface area contributed by atoms with Crippen LogP contribution in [0.15, 0.2) is 22.7 Å². The van der Waals surface area contributed by atoms with E-state index in [0.717, 1.165) is 10.2 Å². The fourth-order valence-corrected chi connectivity index (χ4v) is 2.22. The van der Waals surface area contributed by atoms with Gasteiger partial charge >= 0.3 is 0 Å². The first-order valence-electron chi connectivity index (χ1n) is 3.79. The number of benzene rings is 1. The summed E-state index contributed by atoms with van der Waals surface area (Å²) in [6.07, 6.45) is 0. The zero-order valence-electron chi connectivity index (χ0n) is 7.52. The molecule has 1 nitrogen and oxygen atoms in total. The minimum absolute atomic E-state index is 0.362. The fraction of sp³-hybridized carbons (Fsp3) is 0.333. The second kappa shape index (κ2) is 4.10. The van der Waals surface area contributed by atoms with Gasteiger partial charge in [0.2, 0.25) is 0 Å². The summed E-state index contributed by atoms with van der Waals surface area (Å²) in [5.74, 6) is 0.929. The summed E-state index contributed by atoms with van der Waals surface area (Å²) in [4.78, 5) is 0. The standard InChI is InChI=1S/C9H12BrOSi/c1-11-9-6-7(12(2)3)4-5-8(9)10/h4-6H,1-3H3. The number of halogens is 1. The third-order valence-electron chi connectivity index (χ3n) is 1.73. The predicted octanol–water partition coefficient (Wildman–Crippen LogP) is 2.42. The Morgan fingerprint density at radius 2 is 2.00 bits per heavy atom. The first-order chi connectivity index (χ1) is 5.65.